The zero-order valence-electron chi connectivity index (χ0n) is 10.5. The summed E-state index contributed by atoms with van der Waals surface area (Å²) in [5.41, 5.74) is -0.132. The summed E-state index contributed by atoms with van der Waals surface area (Å²) in [5.74, 6) is -1.90. The molecule has 0 amide bonds. The number of sulfonamides is 2. The van der Waals surface area contributed by atoms with Gasteiger partial charge in [0.25, 0.3) is 0 Å². The SMILES string of the molecule is CNS(=O)(=O)c1ccccc1NS(=O)(=O)CCC(=O)O. The van der Waals surface area contributed by atoms with Gasteiger partial charge in [0.1, 0.15) is 4.90 Å². The first kappa shape index (κ1) is 16.4. The van der Waals surface area contributed by atoms with E-state index in [9.17, 15) is 21.6 Å². The molecule has 1 rings (SSSR count). The second kappa shape index (κ2) is 6.20. The molecule has 0 radical (unpaired) electrons. The molecule has 112 valence electrons. The van der Waals surface area contributed by atoms with Crippen LogP contribution in [0.4, 0.5) is 5.69 Å². The molecule has 0 atom stereocenters. The van der Waals surface area contributed by atoms with Gasteiger partial charge in [-0.05, 0) is 19.2 Å². The average molecular weight is 322 g/mol. The Morgan fingerprint density at radius 1 is 1.20 bits per heavy atom. The highest BCUT2D eigenvalue weighted by atomic mass is 32.2. The fraction of sp³-hybridized carbons (Fsp3) is 0.300. The molecule has 20 heavy (non-hydrogen) atoms. The standard InChI is InChI=1S/C10H14N2O6S2/c1-11-20(17,18)9-5-3-2-4-8(9)12-19(15,16)7-6-10(13)14/h2-5,11-12H,6-7H2,1H3,(H,13,14). The van der Waals surface area contributed by atoms with Gasteiger partial charge in [0, 0.05) is 0 Å². The monoisotopic (exact) mass is 322 g/mol. The summed E-state index contributed by atoms with van der Waals surface area (Å²) < 4.78 is 51.0. The normalized spacial score (nSPS) is 12.1. The van der Waals surface area contributed by atoms with Crippen LogP contribution in [-0.2, 0) is 24.8 Å². The highest BCUT2D eigenvalue weighted by molar-refractivity contribution is 7.93. The molecule has 0 saturated carbocycles. The molecular weight excluding hydrogens is 308 g/mol. The van der Waals surface area contributed by atoms with Crippen molar-refractivity contribution in [2.45, 2.75) is 11.3 Å². The highest BCUT2D eigenvalue weighted by Crippen LogP contribution is 2.21. The smallest absolute Gasteiger partial charge is 0.304 e. The van der Waals surface area contributed by atoms with Crippen LogP contribution in [0.2, 0.25) is 0 Å². The number of carboxylic acids is 1. The maximum Gasteiger partial charge on any atom is 0.304 e. The Morgan fingerprint density at radius 2 is 1.80 bits per heavy atom. The molecule has 0 fully saturated rings. The van der Waals surface area contributed by atoms with Gasteiger partial charge in [0.15, 0.2) is 0 Å². The maximum absolute atomic E-state index is 11.7. The minimum atomic E-state index is -3.94. The van der Waals surface area contributed by atoms with Gasteiger partial charge in [-0.25, -0.2) is 21.6 Å². The summed E-state index contributed by atoms with van der Waals surface area (Å²) >= 11 is 0. The van der Waals surface area contributed by atoms with Crippen LogP contribution < -0.4 is 9.44 Å². The molecule has 1 aromatic rings. The van der Waals surface area contributed by atoms with Crippen molar-refractivity contribution in [2.75, 3.05) is 17.5 Å². The van der Waals surface area contributed by atoms with E-state index in [0.717, 1.165) is 0 Å². The van der Waals surface area contributed by atoms with Crippen molar-refractivity contribution >= 4 is 31.7 Å². The summed E-state index contributed by atoms with van der Waals surface area (Å²) in [5, 5.41) is 8.47. The molecule has 0 heterocycles. The van der Waals surface area contributed by atoms with Gasteiger partial charge in [-0.15, -0.1) is 0 Å². The fourth-order valence-electron chi connectivity index (χ4n) is 1.34. The summed E-state index contributed by atoms with van der Waals surface area (Å²) in [7, 11) is -6.57. The molecule has 0 aliphatic carbocycles. The van der Waals surface area contributed by atoms with E-state index in [1.165, 1.54) is 31.3 Å². The Balaban J connectivity index is 3.08. The molecule has 10 heteroatoms. The zero-order valence-corrected chi connectivity index (χ0v) is 12.2. The molecule has 0 aromatic heterocycles. The molecule has 0 aliphatic rings. The number of carboxylic acid groups (broad SMARTS) is 1. The predicted molar refractivity (Wildman–Crippen MR) is 72.3 cm³/mol. The lowest BCUT2D eigenvalue weighted by Gasteiger charge is -2.11. The van der Waals surface area contributed by atoms with Gasteiger partial charge in [0.2, 0.25) is 20.0 Å². The van der Waals surface area contributed by atoms with Crippen molar-refractivity contribution in [3.8, 4) is 0 Å². The Bertz CT molecular complexity index is 696. The Hall–Kier alpha value is -1.65. The number of aliphatic carboxylic acids is 1. The molecular formula is C10H14N2O6S2. The highest BCUT2D eigenvalue weighted by Gasteiger charge is 2.20. The van der Waals surface area contributed by atoms with Crippen molar-refractivity contribution < 1.29 is 26.7 Å². The van der Waals surface area contributed by atoms with Gasteiger partial charge in [-0.3, -0.25) is 9.52 Å². The van der Waals surface area contributed by atoms with Crippen LogP contribution in [0.1, 0.15) is 6.42 Å². The van der Waals surface area contributed by atoms with Crippen LogP contribution in [0.5, 0.6) is 0 Å². The van der Waals surface area contributed by atoms with Crippen molar-refractivity contribution in [1.82, 2.24) is 4.72 Å². The summed E-state index contributed by atoms with van der Waals surface area (Å²) in [6.45, 7) is 0. The number of nitrogens with one attached hydrogen (secondary N) is 2. The first-order valence-electron chi connectivity index (χ1n) is 5.43. The summed E-state index contributed by atoms with van der Waals surface area (Å²) in [6.07, 6.45) is -0.573. The Labute approximate surface area is 116 Å². The number of carbonyl (C=O) groups is 1. The number of benzene rings is 1. The van der Waals surface area contributed by atoms with Gasteiger partial charge >= 0.3 is 5.97 Å². The van der Waals surface area contributed by atoms with Crippen LogP contribution in [0, 0.1) is 0 Å². The molecule has 1 aromatic carbocycles. The number of hydrogen-bond donors (Lipinski definition) is 3. The second-order valence-corrected chi connectivity index (χ2v) is 7.47. The van der Waals surface area contributed by atoms with Gasteiger partial charge < -0.3 is 5.11 Å². The molecule has 0 aliphatic heterocycles. The summed E-state index contributed by atoms with van der Waals surface area (Å²) in [6, 6.07) is 5.42. The van der Waals surface area contributed by atoms with E-state index >= 15 is 0 Å². The van der Waals surface area contributed by atoms with E-state index in [2.05, 4.69) is 9.44 Å². The molecule has 3 N–H and O–H groups in total. The number of para-hydroxylation sites is 1. The van der Waals surface area contributed by atoms with Gasteiger partial charge in [-0.1, -0.05) is 12.1 Å². The average Bonchev–Trinajstić information content (AvgIpc) is 2.36. The lowest BCUT2D eigenvalue weighted by Crippen LogP contribution is -2.23. The van der Waals surface area contributed by atoms with E-state index < -0.39 is 38.2 Å². The maximum atomic E-state index is 11.7. The topological polar surface area (TPSA) is 130 Å². The van der Waals surface area contributed by atoms with Crippen molar-refractivity contribution in [2.24, 2.45) is 0 Å². The molecule has 8 nitrogen and oxygen atoms in total. The van der Waals surface area contributed by atoms with Crippen LogP contribution in [0.3, 0.4) is 0 Å². The lowest BCUT2D eigenvalue weighted by molar-refractivity contribution is -0.136. The Morgan fingerprint density at radius 3 is 2.35 bits per heavy atom. The molecule has 0 unspecified atom stereocenters. The van der Waals surface area contributed by atoms with Crippen molar-refractivity contribution in [3.63, 3.8) is 0 Å². The fourth-order valence-corrected chi connectivity index (χ4v) is 3.34. The van der Waals surface area contributed by atoms with Gasteiger partial charge in [-0.2, -0.15) is 0 Å². The largest absolute Gasteiger partial charge is 0.481 e. The lowest BCUT2D eigenvalue weighted by atomic mass is 10.3. The Kier molecular flexibility index (Phi) is 5.09. The third-order valence-electron chi connectivity index (χ3n) is 2.30. The quantitative estimate of drug-likeness (QED) is 0.638. The third kappa shape index (κ3) is 4.47. The van der Waals surface area contributed by atoms with Crippen LogP contribution in [0.25, 0.3) is 0 Å². The minimum absolute atomic E-state index is 0.132. The van der Waals surface area contributed by atoms with E-state index in [-0.39, 0.29) is 10.6 Å². The van der Waals surface area contributed by atoms with Gasteiger partial charge in [0.05, 0.1) is 17.9 Å². The first-order valence-corrected chi connectivity index (χ1v) is 8.56. The summed E-state index contributed by atoms with van der Waals surface area (Å²) in [4.78, 5) is 10.1. The van der Waals surface area contributed by atoms with E-state index in [1.807, 2.05) is 0 Å². The van der Waals surface area contributed by atoms with Crippen LogP contribution in [0.15, 0.2) is 29.2 Å². The number of anilines is 1. The van der Waals surface area contributed by atoms with E-state index in [0.29, 0.717) is 0 Å². The van der Waals surface area contributed by atoms with E-state index in [1.54, 1.807) is 0 Å². The van der Waals surface area contributed by atoms with Crippen molar-refractivity contribution in [1.29, 1.82) is 0 Å². The minimum Gasteiger partial charge on any atom is -0.481 e. The van der Waals surface area contributed by atoms with Crippen molar-refractivity contribution in [3.05, 3.63) is 24.3 Å². The number of hydrogen-bond acceptors (Lipinski definition) is 5. The van der Waals surface area contributed by atoms with Crippen LogP contribution in [-0.4, -0.2) is 40.7 Å². The predicted octanol–water partition coefficient (Wildman–Crippen LogP) is -0.189. The first-order chi connectivity index (χ1) is 9.18. The number of rotatable bonds is 7. The zero-order chi connectivity index (χ0) is 15.4. The molecule has 0 bridgehead atoms. The van der Waals surface area contributed by atoms with E-state index in [4.69, 9.17) is 5.11 Å². The second-order valence-electron chi connectivity index (χ2n) is 3.77. The molecule has 0 saturated heterocycles. The molecule has 0 spiro atoms. The third-order valence-corrected chi connectivity index (χ3v) is 5.04. The van der Waals surface area contributed by atoms with Crippen LogP contribution >= 0.6 is 0 Å².